The average Bonchev–Trinajstić information content (AvgIpc) is 3.83. The Morgan fingerprint density at radius 1 is 0.323 bits per heavy atom. The number of hydrogen-bond donors (Lipinski definition) is 0. The summed E-state index contributed by atoms with van der Waals surface area (Å²) in [6.07, 6.45) is 0. The van der Waals surface area contributed by atoms with E-state index in [0.717, 1.165) is 39.4 Å². The summed E-state index contributed by atoms with van der Waals surface area (Å²) in [4.78, 5) is 2.48. The third kappa shape index (κ3) is 6.32. The molecule has 1 aromatic heterocycles. The van der Waals surface area contributed by atoms with Gasteiger partial charge in [0.05, 0.1) is 28.1 Å². The fourth-order valence-corrected chi connectivity index (χ4v) is 10.6. The summed E-state index contributed by atoms with van der Waals surface area (Å²) >= 11 is 0. The van der Waals surface area contributed by atoms with Crippen molar-refractivity contribution in [3.05, 3.63) is 254 Å². The molecule has 11 aromatic rings. The lowest BCUT2D eigenvalue weighted by Crippen LogP contribution is -2.15. The van der Waals surface area contributed by atoms with Gasteiger partial charge in [-0.15, -0.1) is 0 Å². The van der Waals surface area contributed by atoms with E-state index in [2.05, 4.69) is 266 Å². The van der Waals surface area contributed by atoms with E-state index < -0.39 is 0 Å². The molecule has 2 heteroatoms. The average molecular weight is 831 g/mol. The molecule has 1 aliphatic carbocycles. The van der Waals surface area contributed by atoms with Crippen LogP contribution in [0.2, 0.25) is 0 Å². The second-order valence-corrected chi connectivity index (χ2v) is 17.6. The van der Waals surface area contributed by atoms with Crippen LogP contribution in [0.4, 0.5) is 17.1 Å². The van der Waals surface area contributed by atoms with Crippen LogP contribution in [0.5, 0.6) is 0 Å². The molecule has 0 unspecified atom stereocenters. The second kappa shape index (κ2) is 15.6. The van der Waals surface area contributed by atoms with Gasteiger partial charge in [-0.3, -0.25) is 0 Å². The molecule has 0 atom stereocenters. The summed E-state index contributed by atoms with van der Waals surface area (Å²) < 4.78 is 2.42. The molecular weight excluding hydrogens is 785 g/mol. The van der Waals surface area contributed by atoms with Crippen molar-refractivity contribution in [2.24, 2.45) is 0 Å². The number of rotatable bonds is 8. The number of benzene rings is 10. The third-order valence-electron chi connectivity index (χ3n) is 13.7. The molecule has 0 spiro atoms. The van der Waals surface area contributed by atoms with E-state index in [0.29, 0.717) is 0 Å². The highest BCUT2D eigenvalue weighted by molar-refractivity contribution is 6.10. The number of nitrogens with zero attached hydrogens (tertiary/aromatic N) is 2. The first kappa shape index (κ1) is 38.5. The Morgan fingerprint density at radius 2 is 0.785 bits per heavy atom. The Hall–Kier alpha value is -8.20. The van der Waals surface area contributed by atoms with Crippen LogP contribution in [-0.4, -0.2) is 4.57 Å². The lowest BCUT2D eigenvalue weighted by Gasteiger charge is -2.30. The van der Waals surface area contributed by atoms with Crippen molar-refractivity contribution in [1.29, 1.82) is 0 Å². The van der Waals surface area contributed by atoms with Crippen LogP contribution in [0.1, 0.15) is 25.0 Å². The number of anilines is 3. The number of aromatic nitrogens is 1. The summed E-state index contributed by atoms with van der Waals surface area (Å²) in [5, 5.41) is 2.51. The normalized spacial score (nSPS) is 12.6. The van der Waals surface area contributed by atoms with Crippen molar-refractivity contribution in [2.75, 3.05) is 4.90 Å². The maximum absolute atomic E-state index is 2.48. The van der Waals surface area contributed by atoms with Crippen LogP contribution in [0.25, 0.3) is 83.1 Å². The zero-order valence-electron chi connectivity index (χ0n) is 36.5. The van der Waals surface area contributed by atoms with Crippen LogP contribution in [0.15, 0.2) is 243 Å². The molecule has 10 aromatic carbocycles. The van der Waals surface area contributed by atoms with Gasteiger partial charge in [0.2, 0.25) is 0 Å². The van der Waals surface area contributed by atoms with Gasteiger partial charge in [-0.2, -0.15) is 0 Å². The predicted molar refractivity (Wildman–Crippen MR) is 275 cm³/mol. The second-order valence-electron chi connectivity index (χ2n) is 17.6. The van der Waals surface area contributed by atoms with Gasteiger partial charge in [0.15, 0.2) is 0 Å². The van der Waals surface area contributed by atoms with Gasteiger partial charge in [-0.25, -0.2) is 0 Å². The summed E-state index contributed by atoms with van der Waals surface area (Å²) in [5.74, 6) is 0. The molecule has 0 aliphatic heterocycles. The molecule has 12 rings (SSSR count). The van der Waals surface area contributed by atoms with Crippen LogP contribution >= 0.6 is 0 Å². The molecular formula is C63H46N2. The summed E-state index contributed by atoms with van der Waals surface area (Å²) in [7, 11) is 0. The molecule has 1 aliphatic rings. The lowest BCUT2D eigenvalue weighted by atomic mass is 9.82. The van der Waals surface area contributed by atoms with Crippen LogP contribution in [-0.2, 0) is 5.41 Å². The monoisotopic (exact) mass is 830 g/mol. The van der Waals surface area contributed by atoms with Gasteiger partial charge in [0.1, 0.15) is 0 Å². The Labute approximate surface area is 381 Å². The minimum Gasteiger partial charge on any atom is -0.309 e. The highest BCUT2D eigenvalue weighted by Crippen LogP contribution is 2.54. The largest absolute Gasteiger partial charge is 0.309 e. The minimum absolute atomic E-state index is 0.111. The molecule has 0 amide bonds. The standard InChI is InChI=1S/C63H46N2/c1-63(2)55-28-12-6-26-54(55)62-53(27-18-29-56(62)63)52-25-11-15-32-59(52)64(57-30-13-7-21-48(57)45-37-35-44(36-38-45)43-19-4-3-5-20-43)47-41-39-46(40-42-47)49-22-8-14-31-58(49)65-60-33-16-9-23-50(60)51-24-10-17-34-61(51)65/h3-42H,1-2H3. The topological polar surface area (TPSA) is 8.17 Å². The molecule has 2 nitrogen and oxygen atoms in total. The quantitative estimate of drug-likeness (QED) is 0.148. The molecule has 0 radical (unpaired) electrons. The van der Waals surface area contributed by atoms with Crippen molar-refractivity contribution in [2.45, 2.75) is 19.3 Å². The molecule has 0 saturated heterocycles. The number of para-hydroxylation sites is 5. The zero-order chi connectivity index (χ0) is 43.5. The Bertz CT molecular complexity index is 3500. The molecule has 0 fully saturated rings. The molecule has 0 saturated carbocycles. The van der Waals surface area contributed by atoms with Gasteiger partial charge in [0, 0.05) is 38.6 Å². The summed E-state index contributed by atoms with van der Waals surface area (Å²) in [5.41, 5.74) is 21.6. The van der Waals surface area contributed by atoms with Gasteiger partial charge >= 0.3 is 0 Å². The van der Waals surface area contributed by atoms with Crippen molar-refractivity contribution in [3.8, 4) is 61.3 Å². The lowest BCUT2D eigenvalue weighted by molar-refractivity contribution is 0.660. The molecule has 1 heterocycles. The number of fused-ring (bicyclic) bond motifs is 6. The van der Waals surface area contributed by atoms with Crippen molar-refractivity contribution >= 4 is 38.9 Å². The van der Waals surface area contributed by atoms with Crippen molar-refractivity contribution in [3.63, 3.8) is 0 Å². The van der Waals surface area contributed by atoms with E-state index in [4.69, 9.17) is 0 Å². The van der Waals surface area contributed by atoms with E-state index in [1.165, 1.54) is 71.9 Å². The highest BCUT2D eigenvalue weighted by Gasteiger charge is 2.37. The van der Waals surface area contributed by atoms with Gasteiger partial charge in [-0.1, -0.05) is 214 Å². The van der Waals surface area contributed by atoms with Crippen molar-refractivity contribution in [1.82, 2.24) is 4.57 Å². The fraction of sp³-hybridized carbons (Fsp3) is 0.0476. The molecule has 0 bridgehead atoms. The minimum atomic E-state index is -0.111. The van der Waals surface area contributed by atoms with Gasteiger partial charge in [-0.05, 0) is 92.5 Å². The predicted octanol–water partition coefficient (Wildman–Crippen LogP) is 17.2. The molecule has 65 heavy (non-hydrogen) atoms. The highest BCUT2D eigenvalue weighted by atomic mass is 15.1. The zero-order valence-corrected chi connectivity index (χ0v) is 36.5. The van der Waals surface area contributed by atoms with Crippen LogP contribution < -0.4 is 4.90 Å². The molecule has 308 valence electrons. The Kier molecular flexibility index (Phi) is 9.21. The van der Waals surface area contributed by atoms with E-state index in [1.54, 1.807) is 0 Å². The van der Waals surface area contributed by atoms with E-state index in [1.807, 2.05) is 0 Å². The maximum Gasteiger partial charge on any atom is 0.0541 e. The molecule has 0 N–H and O–H groups in total. The number of hydrogen-bond acceptors (Lipinski definition) is 1. The van der Waals surface area contributed by atoms with Crippen molar-refractivity contribution < 1.29 is 0 Å². The first-order chi connectivity index (χ1) is 32.0. The van der Waals surface area contributed by atoms with E-state index in [9.17, 15) is 0 Å². The smallest absolute Gasteiger partial charge is 0.0541 e. The van der Waals surface area contributed by atoms with Gasteiger partial charge < -0.3 is 9.47 Å². The van der Waals surface area contributed by atoms with Crippen LogP contribution in [0, 0.1) is 0 Å². The van der Waals surface area contributed by atoms with Gasteiger partial charge in [0.25, 0.3) is 0 Å². The summed E-state index contributed by atoms with van der Waals surface area (Å²) in [6.45, 7) is 4.72. The SMILES string of the molecule is CC1(C)c2ccccc2-c2c(-c3ccccc3N(c3ccc(-c4ccccc4-n4c5ccccc5c5ccccc54)cc3)c3ccccc3-c3ccc(-c4ccccc4)cc3)cccc21. The maximum atomic E-state index is 2.48. The third-order valence-corrected chi connectivity index (χ3v) is 13.7. The Balaban J connectivity index is 1.04. The first-order valence-corrected chi connectivity index (χ1v) is 22.6. The fourth-order valence-electron chi connectivity index (χ4n) is 10.6. The van der Waals surface area contributed by atoms with E-state index >= 15 is 0 Å². The summed E-state index contributed by atoms with van der Waals surface area (Å²) in [6, 6.07) is 88.8. The first-order valence-electron chi connectivity index (χ1n) is 22.6. The Morgan fingerprint density at radius 3 is 1.49 bits per heavy atom. The van der Waals surface area contributed by atoms with E-state index in [-0.39, 0.29) is 5.41 Å². The van der Waals surface area contributed by atoms with Crippen LogP contribution in [0.3, 0.4) is 0 Å².